The molecule has 0 saturated heterocycles. The summed E-state index contributed by atoms with van der Waals surface area (Å²) in [5.41, 5.74) is 9.48. The van der Waals surface area contributed by atoms with Crippen molar-refractivity contribution in [2.24, 2.45) is 7.05 Å². The smallest absolute Gasteiger partial charge is 0.146 e. The van der Waals surface area contributed by atoms with Gasteiger partial charge in [-0.05, 0) is 29.9 Å². The molecule has 0 atom stereocenters. The number of anilines is 1. The third-order valence-corrected chi connectivity index (χ3v) is 4.18. The first-order chi connectivity index (χ1) is 9.24. The van der Waals surface area contributed by atoms with Crippen molar-refractivity contribution in [2.75, 3.05) is 5.73 Å². The van der Waals surface area contributed by atoms with Crippen molar-refractivity contribution < 1.29 is 0 Å². The molecule has 3 rings (SSSR count). The zero-order chi connectivity index (χ0) is 13.2. The zero-order valence-electron chi connectivity index (χ0n) is 11.5. The number of hydrogen-bond donors (Lipinski definition) is 1. The van der Waals surface area contributed by atoms with Crippen LogP contribution >= 0.6 is 0 Å². The largest absolute Gasteiger partial charge is 0.382 e. The molecule has 2 aromatic rings. The summed E-state index contributed by atoms with van der Waals surface area (Å²) in [5, 5.41) is 4.19. The molecular weight excluding hydrogens is 234 g/mol. The van der Waals surface area contributed by atoms with Gasteiger partial charge in [0.25, 0.3) is 0 Å². The summed E-state index contributed by atoms with van der Waals surface area (Å²) < 4.78 is 1.84. The van der Waals surface area contributed by atoms with Crippen molar-refractivity contribution in [1.82, 2.24) is 9.78 Å². The Kier molecular flexibility index (Phi) is 3.28. The lowest BCUT2D eigenvalue weighted by molar-refractivity contribution is 0.443. The first-order valence-corrected chi connectivity index (χ1v) is 7.14. The molecule has 0 amide bonds. The predicted molar refractivity (Wildman–Crippen MR) is 78.9 cm³/mol. The van der Waals surface area contributed by atoms with E-state index in [0.29, 0.717) is 5.82 Å². The van der Waals surface area contributed by atoms with Gasteiger partial charge in [-0.3, -0.25) is 4.68 Å². The highest BCUT2D eigenvalue weighted by Gasteiger charge is 2.15. The van der Waals surface area contributed by atoms with E-state index in [9.17, 15) is 0 Å². The van der Waals surface area contributed by atoms with Crippen LogP contribution in [0, 0.1) is 0 Å². The van der Waals surface area contributed by atoms with Crippen LogP contribution in [0.25, 0.3) is 11.3 Å². The Morgan fingerprint density at radius 2 is 1.79 bits per heavy atom. The third-order valence-electron chi connectivity index (χ3n) is 4.18. The van der Waals surface area contributed by atoms with Crippen LogP contribution < -0.4 is 5.73 Å². The Hall–Kier alpha value is -1.77. The van der Waals surface area contributed by atoms with Gasteiger partial charge in [0, 0.05) is 13.1 Å². The van der Waals surface area contributed by atoms with E-state index in [0.717, 1.165) is 11.6 Å². The number of aryl methyl sites for hydroxylation is 1. The number of rotatable bonds is 2. The molecule has 0 radical (unpaired) electrons. The Labute approximate surface area is 114 Å². The fourth-order valence-electron chi connectivity index (χ4n) is 3.12. The lowest BCUT2D eigenvalue weighted by Crippen LogP contribution is -2.04. The van der Waals surface area contributed by atoms with E-state index in [4.69, 9.17) is 5.73 Å². The molecule has 0 aliphatic heterocycles. The van der Waals surface area contributed by atoms with Gasteiger partial charge in [0.1, 0.15) is 5.82 Å². The lowest BCUT2D eigenvalue weighted by Gasteiger charge is -2.22. The molecule has 3 nitrogen and oxygen atoms in total. The van der Waals surface area contributed by atoms with Crippen LogP contribution in [0.2, 0.25) is 0 Å². The standard InChI is InChI=1S/C16H21N3/c1-19-15(11-16(17)18-19)14-9-7-13(8-10-14)12-5-3-2-4-6-12/h7-12H,2-6H2,1H3,(H2,17,18). The summed E-state index contributed by atoms with van der Waals surface area (Å²) in [6, 6.07) is 10.9. The molecule has 0 unspecified atom stereocenters. The predicted octanol–water partition coefficient (Wildman–Crippen LogP) is 3.72. The highest BCUT2D eigenvalue weighted by atomic mass is 15.3. The number of benzene rings is 1. The summed E-state index contributed by atoms with van der Waals surface area (Å²) in [6.45, 7) is 0. The fourth-order valence-corrected chi connectivity index (χ4v) is 3.12. The normalized spacial score (nSPS) is 16.7. The first-order valence-electron chi connectivity index (χ1n) is 7.14. The van der Waals surface area contributed by atoms with Gasteiger partial charge >= 0.3 is 0 Å². The molecule has 1 fully saturated rings. The maximum atomic E-state index is 5.73. The van der Waals surface area contributed by atoms with Crippen LogP contribution in [0.15, 0.2) is 30.3 Å². The maximum absolute atomic E-state index is 5.73. The van der Waals surface area contributed by atoms with Gasteiger partial charge in [-0.15, -0.1) is 0 Å². The number of nitrogen functional groups attached to an aromatic ring is 1. The van der Waals surface area contributed by atoms with E-state index >= 15 is 0 Å². The third kappa shape index (κ3) is 2.50. The molecule has 19 heavy (non-hydrogen) atoms. The Morgan fingerprint density at radius 3 is 2.37 bits per heavy atom. The minimum absolute atomic E-state index is 0.578. The van der Waals surface area contributed by atoms with Crippen molar-refractivity contribution in [3.05, 3.63) is 35.9 Å². The number of nitrogens with zero attached hydrogens (tertiary/aromatic N) is 2. The van der Waals surface area contributed by atoms with Crippen molar-refractivity contribution in [1.29, 1.82) is 0 Å². The second-order valence-corrected chi connectivity index (χ2v) is 5.53. The summed E-state index contributed by atoms with van der Waals surface area (Å²) >= 11 is 0. The van der Waals surface area contributed by atoms with Crippen molar-refractivity contribution in [3.63, 3.8) is 0 Å². The molecule has 3 heteroatoms. The second kappa shape index (κ2) is 5.08. The van der Waals surface area contributed by atoms with E-state index in [1.807, 2.05) is 17.8 Å². The van der Waals surface area contributed by atoms with Gasteiger partial charge in [0.05, 0.1) is 5.69 Å². The van der Waals surface area contributed by atoms with E-state index in [2.05, 4.69) is 29.4 Å². The number of aromatic nitrogens is 2. The SMILES string of the molecule is Cn1nc(N)cc1-c1ccc(C2CCCCC2)cc1. The lowest BCUT2D eigenvalue weighted by atomic mass is 9.84. The Morgan fingerprint density at radius 1 is 1.11 bits per heavy atom. The topological polar surface area (TPSA) is 43.8 Å². The van der Waals surface area contributed by atoms with Crippen molar-refractivity contribution in [3.8, 4) is 11.3 Å². The van der Waals surface area contributed by atoms with Gasteiger partial charge in [-0.25, -0.2) is 0 Å². The number of nitrogens with two attached hydrogens (primary N) is 1. The van der Waals surface area contributed by atoms with Gasteiger partial charge < -0.3 is 5.73 Å². The molecule has 2 N–H and O–H groups in total. The van der Waals surface area contributed by atoms with Crippen LogP contribution in [0.1, 0.15) is 43.6 Å². The van der Waals surface area contributed by atoms with Crippen molar-refractivity contribution in [2.45, 2.75) is 38.0 Å². The zero-order valence-corrected chi connectivity index (χ0v) is 11.5. The van der Waals surface area contributed by atoms with Crippen LogP contribution in [0.3, 0.4) is 0 Å². The number of hydrogen-bond acceptors (Lipinski definition) is 2. The maximum Gasteiger partial charge on any atom is 0.146 e. The van der Waals surface area contributed by atoms with E-state index < -0.39 is 0 Å². The summed E-state index contributed by atoms with van der Waals surface area (Å²) in [7, 11) is 1.93. The molecule has 1 aromatic heterocycles. The second-order valence-electron chi connectivity index (χ2n) is 5.53. The average Bonchev–Trinajstić information content (AvgIpc) is 2.79. The van der Waals surface area contributed by atoms with Gasteiger partial charge in [-0.2, -0.15) is 5.10 Å². The first kappa shape index (κ1) is 12.3. The average molecular weight is 255 g/mol. The molecule has 1 aromatic carbocycles. The molecular formula is C16H21N3. The molecule has 1 aliphatic rings. The minimum atomic E-state index is 0.578. The minimum Gasteiger partial charge on any atom is -0.382 e. The van der Waals surface area contributed by atoms with Crippen LogP contribution in [-0.4, -0.2) is 9.78 Å². The van der Waals surface area contributed by atoms with Gasteiger partial charge in [-0.1, -0.05) is 43.5 Å². The molecule has 1 aliphatic carbocycles. The summed E-state index contributed by atoms with van der Waals surface area (Å²) in [5.74, 6) is 1.34. The monoisotopic (exact) mass is 255 g/mol. The molecule has 1 heterocycles. The fraction of sp³-hybridized carbons (Fsp3) is 0.438. The van der Waals surface area contributed by atoms with E-state index in [1.54, 1.807) is 0 Å². The molecule has 0 bridgehead atoms. The van der Waals surface area contributed by atoms with Gasteiger partial charge in [0.15, 0.2) is 0 Å². The van der Waals surface area contributed by atoms with Crippen LogP contribution in [-0.2, 0) is 7.05 Å². The molecule has 1 saturated carbocycles. The highest BCUT2D eigenvalue weighted by molar-refractivity contribution is 5.63. The quantitative estimate of drug-likeness (QED) is 0.888. The summed E-state index contributed by atoms with van der Waals surface area (Å²) in [4.78, 5) is 0. The highest BCUT2D eigenvalue weighted by Crippen LogP contribution is 2.33. The van der Waals surface area contributed by atoms with E-state index in [-0.39, 0.29) is 0 Å². The summed E-state index contributed by atoms with van der Waals surface area (Å²) in [6.07, 6.45) is 6.86. The van der Waals surface area contributed by atoms with E-state index in [1.165, 1.54) is 43.2 Å². The Bertz CT molecular complexity index is 548. The van der Waals surface area contributed by atoms with Crippen LogP contribution in [0.5, 0.6) is 0 Å². The van der Waals surface area contributed by atoms with Crippen molar-refractivity contribution >= 4 is 5.82 Å². The molecule has 0 spiro atoms. The Balaban J connectivity index is 1.84. The molecule has 100 valence electrons. The van der Waals surface area contributed by atoms with Crippen LogP contribution in [0.4, 0.5) is 5.82 Å². The van der Waals surface area contributed by atoms with Gasteiger partial charge in [0.2, 0.25) is 0 Å².